The van der Waals surface area contributed by atoms with Gasteiger partial charge in [0.15, 0.2) is 0 Å². The summed E-state index contributed by atoms with van der Waals surface area (Å²) in [7, 11) is -0.689. The molecule has 128 valence electrons. The summed E-state index contributed by atoms with van der Waals surface area (Å²) in [6.45, 7) is 0. The van der Waals surface area contributed by atoms with E-state index >= 15 is 0 Å². The lowest BCUT2D eigenvalue weighted by Crippen LogP contribution is -2.26. The van der Waals surface area contributed by atoms with Gasteiger partial charge in [-0.2, -0.15) is 26.3 Å². The quantitative estimate of drug-likeness (QED) is 0.465. The van der Waals surface area contributed by atoms with Crippen molar-refractivity contribution in [2.45, 2.75) is 31.6 Å². The molecular weight excluding hydrogens is 349 g/mol. The third-order valence-corrected chi connectivity index (χ3v) is 5.40. The Bertz CT molecular complexity index is 697. The molecule has 0 amide bonds. The fourth-order valence-electron chi connectivity index (χ4n) is 3.11. The molecule has 0 fully saturated rings. The molecule has 0 saturated carbocycles. The lowest BCUT2D eigenvalue weighted by atomic mass is 9.96. The third-order valence-electron chi connectivity index (χ3n) is 4.03. The summed E-state index contributed by atoms with van der Waals surface area (Å²) in [5, 5.41) is -0.158. The highest BCUT2D eigenvalue weighted by Gasteiger charge is 2.39. The lowest BCUT2D eigenvalue weighted by molar-refractivity contribution is -0.137. The highest BCUT2D eigenvalue weighted by molar-refractivity contribution is 7.55. The highest BCUT2D eigenvalue weighted by atomic mass is 31.1. The third kappa shape index (κ3) is 3.30. The predicted octanol–water partition coefficient (Wildman–Crippen LogP) is 4.84. The first-order valence-corrected chi connectivity index (χ1v) is 8.33. The minimum absolute atomic E-state index is 0.0791. The standard InChI is InChI=1S/C17H13F6P/c18-16(19,20)14-10-4-1-5-11-7-3-9-13(15(11)17(21,22)23)24-12(14)8-2-6-10/h2-3,6-9,24H,1,4-5H2. The molecule has 1 aliphatic heterocycles. The predicted molar refractivity (Wildman–Crippen MR) is 82.5 cm³/mol. The molecule has 2 aromatic rings. The molecule has 7 heteroatoms. The molecule has 0 aliphatic carbocycles. The molecule has 1 aliphatic rings. The molecule has 24 heavy (non-hydrogen) atoms. The van der Waals surface area contributed by atoms with Crippen LogP contribution < -0.4 is 10.6 Å². The largest absolute Gasteiger partial charge is 0.417 e. The average Bonchev–Trinajstić information content (AvgIpc) is 2.44. The van der Waals surface area contributed by atoms with Crippen molar-refractivity contribution in [2.75, 3.05) is 0 Å². The molecule has 0 unspecified atom stereocenters. The van der Waals surface area contributed by atoms with Crippen LogP contribution in [0.5, 0.6) is 0 Å². The van der Waals surface area contributed by atoms with Gasteiger partial charge in [-0.15, -0.1) is 0 Å². The van der Waals surface area contributed by atoms with E-state index in [-0.39, 0.29) is 41.0 Å². The molecule has 0 atom stereocenters. The summed E-state index contributed by atoms with van der Waals surface area (Å²) in [5.74, 6) is 0. The van der Waals surface area contributed by atoms with Crippen LogP contribution in [0.25, 0.3) is 0 Å². The van der Waals surface area contributed by atoms with Gasteiger partial charge >= 0.3 is 12.4 Å². The van der Waals surface area contributed by atoms with Gasteiger partial charge in [0.25, 0.3) is 0 Å². The molecule has 1 heterocycles. The Hall–Kier alpha value is -1.55. The van der Waals surface area contributed by atoms with Crippen molar-refractivity contribution >= 4 is 19.2 Å². The molecule has 2 aromatic carbocycles. The summed E-state index contributed by atoms with van der Waals surface area (Å²) < 4.78 is 80.8. The maximum Gasteiger partial charge on any atom is 0.417 e. The molecule has 0 aromatic heterocycles. The number of benzene rings is 2. The summed E-state index contributed by atoms with van der Waals surface area (Å²) in [6, 6.07) is 8.37. The fraction of sp³-hybridized carbons (Fsp3) is 0.294. The van der Waals surface area contributed by atoms with Gasteiger partial charge < -0.3 is 0 Å². The van der Waals surface area contributed by atoms with Crippen molar-refractivity contribution in [3.8, 4) is 0 Å². The number of hydrogen-bond acceptors (Lipinski definition) is 0. The van der Waals surface area contributed by atoms with Crippen molar-refractivity contribution in [3.63, 3.8) is 0 Å². The number of rotatable bonds is 0. The first-order chi connectivity index (χ1) is 11.2. The highest BCUT2D eigenvalue weighted by Crippen LogP contribution is 2.38. The number of aryl methyl sites for hydroxylation is 2. The number of alkyl halides is 6. The number of halogens is 6. The molecule has 0 saturated heterocycles. The minimum atomic E-state index is -4.58. The molecule has 4 bridgehead atoms. The van der Waals surface area contributed by atoms with Gasteiger partial charge in [0.1, 0.15) is 0 Å². The van der Waals surface area contributed by atoms with E-state index in [1.807, 2.05) is 0 Å². The Balaban J connectivity index is 2.23. The van der Waals surface area contributed by atoms with Crippen LogP contribution >= 0.6 is 8.58 Å². The smallest absolute Gasteiger partial charge is 0.166 e. The Morgan fingerprint density at radius 3 is 1.46 bits per heavy atom. The van der Waals surface area contributed by atoms with E-state index in [0.29, 0.717) is 0 Å². The lowest BCUT2D eigenvalue weighted by Gasteiger charge is -2.22. The second-order valence-corrected chi connectivity index (χ2v) is 6.98. The second kappa shape index (κ2) is 6.07. The van der Waals surface area contributed by atoms with Crippen molar-refractivity contribution < 1.29 is 26.3 Å². The monoisotopic (exact) mass is 362 g/mol. The van der Waals surface area contributed by atoms with Gasteiger partial charge in [0.2, 0.25) is 0 Å². The van der Waals surface area contributed by atoms with E-state index < -0.39 is 32.1 Å². The van der Waals surface area contributed by atoms with Crippen LogP contribution in [0.3, 0.4) is 0 Å². The maximum atomic E-state index is 13.5. The van der Waals surface area contributed by atoms with Crippen LogP contribution in [0.4, 0.5) is 26.3 Å². The normalized spacial score (nSPS) is 15.2. The average molecular weight is 362 g/mol. The summed E-state index contributed by atoms with van der Waals surface area (Å²) in [4.78, 5) is 0. The van der Waals surface area contributed by atoms with Gasteiger partial charge in [-0.1, -0.05) is 45.0 Å². The van der Waals surface area contributed by atoms with E-state index in [1.54, 1.807) is 0 Å². The van der Waals surface area contributed by atoms with E-state index in [9.17, 15) is 26.3 Å². The summed E-state index contributed by atoms with van der Waals surface area (Å²) >= 11 is 0. The fourth-order valence-corrected chi connectivity index (χ4v) is 4.61. The first-order valence-electron chi connectivity index (χ1n) is 7.33. The zero-order chi connectivity index (χ0) is 17.5. The van der Waals surface area contributed by atoms with E-state index in [2.05, 4.69) is 0 Å². The molecular formula is C17H13F6P. The Kier molecular flexibility index (Phi) is 4.37. The van der Waals surface area contributed by atoms with Gasteiger partial charge in [-0.05, 0) is 41.0 Å². The Labute approximate surface area is 136 Å². The van der Waals surface area contributed by atoms with Crippen LogP contribution in [-0.4, -0.2) is 0 Å². The van der Waals surface area contributed by atoms with Crippen LogP contribution in [0.15, 0.2) is 36.4 Å². The van der Waals surface area contributed by atoms with Crippen molar-refractivity contribution in [2.24, 2.45) is 0 Å². The number of hydrogen-bond donors (Lipinski definition) is 0. The van der Waals surface area contributed by atoms with Crippen LogP contribution in [-0.2, 0) is 25.2 Å². The van der Waals surface area contributed by atoms with Crippen LogP contribution in [0, 0.1) is 0 Å². The Morgan fingerprint density at radius 2 is 1.08 bits per heavy atom. The van der Waals surface area contributed by atoms with Gasteiger partial charge in [-0.3, -0.25) is 0 Å². The molecule has 0 nitrogen and oxygen atoms in total. The second-order valence-electron chi connectivity index (χ2n) is 5.65. The van der Waals surface area contributed by atoms with Gasteiger partial charge in [0.05, 0.1) is 11.1 Å². The minimum Gasteiger partial charge on any atom is -0.166 e. The van der Waals surface area contributed by atoms with Crippen LogP contribution in [0.1, 0.15) is 28.7 Å². The summed E-state index contributed by atoms with van der Waals surface area (Å²) in [5.41, 5.74) is -1.23. The van der Waals surface area contributed by atoms with Crippen molar-refractivity contribution in [3.05, 3.63) is 58.7 Å². The number of fused-ring (bicyclic) bond motifs is 4. The molecule has 0 N–H and O–H groups in total. The molecule has 3 rings (SSSR count). The van der Waals surface area contributed by atoms with E-state index in [0.717, 1.165) is 0 Å². The van der Waals surface area contributed by atoms with Crippen LogP contribution in [0.2, 0.25) is 0 Å². The topological polar surface area (TPSA) is 0 Å². The molecule has 0 spiro atoms. The summed E-state index contributed by atoms with van der Waals surface area (Å²) in [6.07, 6.45) is -8.70. The van der Waals surface area contributed by atoms with E-state index in [1.165, 1.54) is 36.4 Å². The SMILES string of the molecule is FC(F)(F)c1c2cccc1Pc1cccc(c1C(F)(F)F)CCC2. The van der Waals surface area contributed by atoms with Crippen molar-refractivity contribution in [1.29, 1.82) is 0 Å². The zero-order valence-corrected chi connectivity index (χ0v) is 13.4. The molecule has 0 radical (unpaired) electrons. The van der Waals surface area contributed by atoms with Gasteiger partial charge in [-0.25, -0.2) is 0 Å². The van der Waals surface area contributed by atoms with Gasteiger partial charge in [0, 0.05) is 0 Å². The van der Waals surface area contributed by atoms with Crippen molar-refractivity contribution in [1.82, 2.24) is 0 Å². The van der Waals surface area contributed by atoms with E-state index in [4.69, 9.17) is 0 Å². The maximum absolute atomic E-state index is 13.5. The Morgan fingerprint density at radius 1 is 0.667 bits per heavy atom. The zero-order valence-electron chi connectivity index (χ0n) is 12.4. The first kappa shape index (κ1) is 17.3.